The highest BCUT2D eigenvalue weighted by Crippen LogP contribution is 2.22. The molecule has 8 nitrogen and oxygen atoms in total. The second kappa shape index (κ2) is 7.41. The maximum absolute atomic E-state index is 12.7. The van der Waals surface area contributed by atoms with Crippen LogP contribution in [0.2, 0.25) is 0 Å². The summed E-state index contributed by atoms with van der Waals surface area (Å²) in [6.07, 6.45) is 0. The van der Waals surface area contributed by atoms with Crippen LogP contribution < -0.4 is 0 Å². The fourth-order valence-electron chi connectivity index (χ4n) is 3.40. The van der Waals surface area contributed by atoms with Gasteiger partial charge in [-0.05, 0) is 40.7 Å². The average molecular weight is 363 g/mol. The van der Waals surface area contributed by atoms with Gasteiger partial charge in [0.25, 0.3) is 0 Å². The van der Waals surface area contributed by atoms with E-state index < -0.39 is 30.4 Å². The number of carbonyl (C=O) groups excluding carboxylic acids is 4. The van der Waals surface area contributed by atoms with Gasteiger partial charge in [0.1, 0.15) is 0 Å². The van der Waals surface area contributed by atoms with Gasteiger partial charge in [0.05, 0.1) is 19.2 Å². The molecule has 0 bridgehead atoms. The number of carbonyl (C=O) groups is 4. The van der Waals surface area contributed by atoms with E-state index in [1.165, 1.54) is 0 Å². The molecular formula is C18H25N3O5. The molecular weight excluding hydrogens is 338 g/mol. The van der Waals surface area contributed by atoms with Crippen LogP contribution in [0.25, 0.3) is 0 Å². The fourth-order valence-corrected chi connectivity index (χ4v) is 3.40. The maximum atomic E-state index is 12.7. The number of amides is 4. The molecule has 1 saturated heterocycles. The lowest BCUT2D eigenvalue weighted by molar-refractivity contribution is -0.143. The van der Waals surface area contributed by atoms with Gasteiger partial charge < -0.3 is 9.30 Å². The van der Waals surface area contributed by atoms with E-state index in [0.29, 0.717) is 12.2 Å². The molecule has 1 aromatic rings. The standard InChI is InChI=1S/C18H25N3O5/c1-10(2)20-17(24)16(23)19(18(20)25)8-15(22)14-7-11(3)21(13(14)5)12(4)9-26-6/h7,10,12H,8-9H2,1-6H3/t12-/m1/s1. The summed E-state index contributed by atoms with van der Waals surface area (Å²) in [7, 11) is 1.61. The topological polar surface area (TPSA) is 88.9 Å². The average Bonchev–Trinajstić information content (AvgIpc) is 2.96. The van der Waals surface area contributed by atoms with Crippen LogP contribution in [0, 0.1) is 13.8 Å². The van der Waals surface area contributed by atoms with Gasteiger partial charge in [0.15, 0.2) is 5.78 Å². The maximum Gasteiger partial charge on any atom is 0.334 e. The molecule has 1 fully saturated rings. The molecule has 4 amide bonds. The monoisotopic (exact) mass is 363 g/mol. The van der Waals surface area contributed by atoms with Gasteiger partial charge >= 0.3 is 17.8 Å². The fraction of sp³-hybridized carbons (Fsp3) is 0.556. The Morgan fingerprint density at radius 3 is 2.23 bits per heavy atom. The van der Waals surface area contributed by atoms with Crippen molar-refractivity contribution in [3.8, 4) is 0 Å². The third-order valence-corrected chi connectivity index (χ3v) is 4.54. The Kier molecular flexibility index (Phi) is 5.65. The number of hydrogen-bond donors (Lipinski definition) is 0. The zero-order chi connectivity index (χ0) is 19.8. The molecule has 0 aliphatic carbocycles. The summed E-state index contributed by atoms with van der Waals surface area (Å²) in [5.74, 6) is -2.23. The SMILES string of the molecule is COC[C@@H](C)n1c(C)cc(C(=O)CN2C(=O)C(=O)N(C(C)C)C2=O)c1C. The molecule has 0 aromatic carbocycles. The number of ketones is 1. The van der Waals surface area contributed by atoms with Crippen LogP contribution in [0.1, 0.15) is 48.6 Å². The quantitative estimate of drug-likeness (QED) is 0.418. The molecule has 1 aliphatic rings. The Bertz CT molecular complexity index is 765. The third-order valence-electron chi connectivity index (χ3n) is 4.54. The minimum absolute atomic E-state index is 0.0367. The summed E-state index contributed by atoms with van der Waals surface area (Å²) >= 11 is 0. The zero-order valence-electron chi connectivity index (χ0n) is 16.0. The number of urea groups is 1. The van der Waals surface area contributed by atoms with Crippen LogP contribution in [0.15, 0.2) is 6.07 Å². The highest BCUT2D eigenvalue weighted by atomic mass is 16.5. The van der Waals surface area contributed by atoms with Gasteiger partial charge in [-0.2, -0.15) is 0 Å². The molecule has 142 valence electrons. The summed E-state index contributed by atoms with van der Waals surface area (Å²) in [6, 6.07) is 0.579. The van der Waals surface area contributed by atoms with E-state index >= 15 is 0 Å². The Hall–Kier alpha value is -2.48. The number of Topliss-reactive ketones (excluding diaryl/α,β-unsaturated/α-hetero) is 1. The Balaban J connectivity index is 2.26. The van der Waals surface area contributed by atoms with E-state index in [2.05, 4.69) is 0 Å². The van der Waals surface area contributed by atoms with Crippen molar-refractivity contribution in [2.24, 2.45) is 0 Å². The first-order valence-electron chi connectivity index (χ1n) is 8.51. The van der Waals surface area contributed by atoms with Crippen molar-refractivity contribution in [1.29, 1.82) is 0 Å². The molecule has 0 radical (unpaired) electrons. The van der Waals surface area contributed by atoms with Gasteiger partial charge in [-0.1, -0.05) is 0 Å². The van der Waals surface area contributed by atoms with Crippen LogP contribution >= 0.6 is 0 Å². The Labute approximate surface area is 152 Å². The zero-order valence-corrected chi connectivity index (χ0v) is 16.0. The van der Waals surface area contributed by atoms with Gasteiger partial charge in [-0.3, -0.25) is 19.3 Å². The summed E-state index contributed by atoms with van der Waals surface area (Å²) in [4.78, 5) is 50.7. The highest BCUT2D eigenvalue weighted by Gasteiger charge is 2.46. The molecule has 0 saturated carbocycles. The van der Waals surface area contributed by atoms with Gasteiger partial charge in [0, 0.05) is 30.1 Å². The van der Waals surface area contributed by atoms with Crippen LogP contribution in [0.4, 0.5) is 4.79 Å². The number of ether oxygens (including phenoxy) is 1. The molecule has 2 heterocycles. The van der Waals surface area contributed by atoms with E-state index in [4.69, 9.17) is 4.74 Å². The number of methoxy groups -OCH3 is 1. The van der Waals surface area contributed by atoms with Crippen molar-refractivity contribution in [2.75, 3.05) is 20.3 Å². The van der Waals surface area contributed by atoms with Crippen molar-refractivity contribution in [2.45, 2.75) is 46.7 Å². The van der Waals surface area contributed by atoms with Crippen molar-refractivity contribution >= 4 is 23.6 Å². The number of aryl methyl sites for hydroxylation is 1. The third kappa shape index (κ3) is 3.29. The van der Waals surface area contributed by atoms with Crippen LogP contribution in [-0.4, -0.2) is 64.3 Å². The number of nitrogens with zero attached hydrogens (tertiary/aromatic N) is 3. The second-order valence-electron chi connectivity index (χ2n) is 6.83. The van der Waals surface area contributed by atoms with E-state index in [9.17, 15) is 19.2 Å². The molecule has 1 aromatic heterocycles. The predicted molar refractivity (Wildman–Crippen MR) is 93.9 cm³/mol. The van der Waals surface area contributed by atoms with Gasteiger partial charge in [-0.25, -0.2) is 9.69 Å². The molecule has 0 unspecified atom stereocenters. The largest absolute Gasteiger partial charge is 0.383 e. The molecule has 1 aliphatic heterocycles. The second-order valence-corrected chi connectivity index (χ2v) is 6.83. The number of imide groups is 2. The number of aromatic nitrogens is 1. The Morgan fingerprint density at radius 1 is 1.12 bits per heavy atom. The smallest absolute Gasteiger partial charge is 0.334 e. The van der Waals surface area contributed by atoms with Crippen molar-refractivity contribution < 1.29 is 23.9 Å². The minimum Gasteiger partial charge on any atom is -0.383 e. The van der Waals surface area contributed by atoms with E-state index in [-0.39, 0.29) is 11.8 Å². The molecule has 1 atom stereocenters. The lowest BCUT2D eigenvalue weighted by atomic mass is 10.1. The van der Waals surface area contributed by atoms with Crippen LogP contribution in [-0.2, 0) is 14.3 Å². The first-order chi connectivity index (χ1) is 12.1. The lowest BCUT2D eigenvalue weighted by Gasteiger charge is -2.19. The molecule has 8 heteroatoms. The predicted octanol–water partition coefficient (Wildman–Crippen LogP) is 1.69. The normalized spacial score (nSPS) is 16.2. The van der Waals surface area contributed by atoms with E-state index in [0.717, 1.165) is 21.2 Å². The summed E-state index contributed by atoms with van der Waals surface area (Å²) in [5, 5.41) is 0. The van der Waals surface area contributed by atoms with Crippen molar-refractivity contribution in [1.82, 2.24) is 14.4 Å². The summed E-state index contributed by atoms with van der Waals surface area (Å²) in [5.41, 5.74) is 2.05. The van der Waals surface area contributed by atoms with Gasteiger partial charge in [-0.15, -0.1) is 0 Å². The van der Waals surface area contributed by atoms with E-state index in [1.54, 1.807) is 27.0 Å². The summed E-state index contributed by atoms with van der Waals surface area (Å²) in [6.45, 7) is 8.99. The Morgan fingerprint density at radius 2 is 1.73 bits per heavy atom. The van der Waals surface area contributed by atoms with Crippen molar-refractivity contribution in [3.63, 3.8) is 0 Å². The number of hydrogen-bond acceptors (Lipinski definition) is 5. The van der Waals surface area contributed by atoms with Crippen LogP contribution in [0.3, 0.4) is 0 Å². The highest BCUT2D eigenvalue weighted by molar-refractivity contribution is 6.45. The molecule has 2 rings (SSSR count). The molecule has 0 N–H and O–H groups in total. The van der Waals surface area contributed by atoms with Crippen molar-refractivity contribution in [3.05, 3.63) is 23.0 Å². The van der Waals surface area contributed by atoms with Crippen LogP contribution in [0.5, 0.6) is 0 Å². The first-order valence-corrected chi connectivity index (χ1v) is 8.51. The summed E-state index contributed by atoms with van der Waals surface area (Å²) < 4.78 is 7.16. The first kappa shape index (κ1) is 19.8. The number of rotatable bonds is 7. The molecule has 26 heavy (non-hydrogen) atoms. The lowest BCUT2D eigenvalue weighted by Crippen LogP contribution is -2.39. The van der Waals surface area contributed by atoms with Gasteiger partial charge in [0.2, 0.25) is 0 Å². The van der Waals surface area contributed by atoms with E-state index in [1.807, 2.05) is 25.3 Å². The minimum atomic E-state index is -0.960. The molecule has 0 spiro atoms.